The summed E-state index contributed by atoms with van der Waals surface area (Å²) in [5.74, 6) is -0.655. The van der Waals surface area contributed by atoms with Crippen LogP contribution in [0.4, 0.5) is 0 Å². The largest absolute Gasteiger partial charge is 0.363 e. The van der Waals surface area contributed by atoms with Gasteiger partial charge in [0, 0.05) is 37.1 Å². The molecule has 0 atom stereocenters. The van der Waals surface area contributed by atoms with Crippen LogP contribution in [0.25, 0.3) is 10.8 Å². The zero-order chi connectivity index (χ0) is 21.3. The zero-order valence-electron chi connectivity index (χ0n) is 16.5. The minimum absolute atomic E-state index is 0.00654. The van der Waals surface area contributed by atoms with Gasteiger partial charge in [0.15, 0.2) is 0 Å². The standard InChI is InChI=1S/C24H18N2O4S/c27-23-17-8-4-10-19(20(17)24(28)22(26-13-14-26)21(23)25-11-12-25)31(29,30)18-9-3-6-15-5-1-2-7-16(15)18/h1-10H,11-14H2. The molecule has 3 aromatic rings. The van der Waals surface area contributed by atoms with Gasteiger partial charge in [-0.05, 0) is 17.5 Å². The number of sulfone groups is 1. The fourth-order valence-electron chi connectivity index (χ4n) is 4.32. The third-order valence-electron chi connectivity index (χ3n) is 6.01. The maximum Gasteiger partial charge on any atom is 0.213 e. The molecule has 0 bridgehead atoms. The molecular weight excluding hydrogens is 412 g/mol. The smallest absolute Gasteiger partial charge is 0.213 e. The summed E-state index contributed by atoms with van der Waals surface area (Å²) in [4.78, 5) is 30.7. The molecule has 3 aromatic carbocycles. The summed E-state index contributed by atoms with van der Waals surface area (Å²) in [6.07, 6.45) is 0. The lowest BCUT2D eigenvalue weighted by Gasteiger charge is -2.24. The van der Waals surface area contributed by atoms with Gasteiger partial charge >= 0.3 is 0 Å². The number of fused-ring (bicyclic) bond motifs is 2. The maximum atomic E-state index is 13.8. The molecule has 3 aliphatic rings. The molecule has 0 spiro atoms. The monoisotopic (exact) mass is 430 g/mol. The van der Waals surface area contributed by atoms with Gasteiger partial charge in [0.25, 0.3) is 0 Å². The number of carbonyl (C=O) groups excluding carboxylic acids is 2. The Morgan fingerprint density at radius 3 is 1.94 bits per heavy atom. The van der Waals surface area contributed by atoms with Crippen LogP contribution in [-0.2, 0) is 9.84 Å². The van der Waals surface area contributed by atoms with E-state index in [-0.39, 0.29) is 32.5 Å². The highest BCUT2D eigenvalue weighted by Gasteiger charge is 2.45. The minimum atomic E-state index is -4.04. The minimum Gasteiger partial charge on any atom is -0.363 e. The lowest BCUT2D eigenvalue weighted by molar-refractivity contribution is 0.0943. The molecule has 0 unspecified atom stereocenters. The van der Waals surface area contributed by atoms with Gasteiger partial charge in [0.1, 0.15) is 11.4 Å². The van der Waals surface area contributed by atoms with Crippen LogP contribution >= 0.6 is 0 Å². The van der Waals surface area contributed by atoms with Crippen LogP contribution in [-0.4, -0.2) is 56.0 Å². The van der Waals surface area contributed by atoms with Crippen molar-refractivity contribution in [2.24, 2.45) is 0 Å². The zero-order valence-corrected chi connectivity index (χ0v) is 17.4. The van der Waals surface area contributed by atoms with Crippen molar-refractivity contribution in [3.8, 4) is 0 Å². The molecule has 0 aromatic heterocycles. The Morgan fingerprint density at radius 2 is 1.23 bits per heavy atom. The quantitative estimate of drug-likeness (QED) is 0.593. The first-order chi connectivity index (χ1) is 15.0. The number of ketones is 2. The second-order valence-corrected chi connectivity index (χ2v) is 9.88. The van der Waals surface area contributed by atoms with E-state index in [0.717, 1.165) is 18.5 Å². The van der Waals surface area contributed by atoms with Crippen molar-refractivity contribution in [2.75, 3.05) is 26.2 Å². The maximum absolute atomic E-state index is 13.8. The van der Waals surface area contributed by atoms with Crippen molar-refractivity contribution in [3.63, 3.8) is 0 Å². The van der Waals surface area contributed by atoms with Crippen LogP contribution in [0.15, 0.2) is 81.8 Å². The van der Waals surface area contributed by atoms with E-state index in [1.165, 1.54) is 6.07 Å². The highest BCUT2D eigenvalue weighted by Crippen LogP contribution is 2.39. The van der Waals surface area contributed by atoms with Gasteiger partial charge in [-0.2, -0.15) is 0 Å². The predicted molar refractivity (Wildman–Crippen MR) is 115 cm³/mol. The Hall–Kier alpha value is -3.45. The van der Waals surface area contributed by atoms with Crippen molar-refractivity contribution in [1.82, 2.24) is 9.80 Å². The van der Waals surface area contributed by atoms with E-state index >= 15 is 0 Å². The van der Waals surface area contributed by atoms with E-state index in [1.807, 2.05) is 28.0 Å². The van der Waals surface area contributed by atoms with Crippen LogP contribution in [0.5, 0.6) is 0 Å². The molecule has 31 heavy (non-hydrogen) atoms. The number of hydrogen-bond donors (Lipinski definition) is 0. The van der Waals surface area contributed by atoms with Crippen molar-refractivity contribution in [3.05, 3.63) is 83.2 Å². The Labute approximate surface area is 179 Å². The van der Waals surface area contributed by atoms with Gasteiger partial charge in [-0.1, -0.05) is 48.5 Å². The number of benzene rings is 3. The Kier molecular flexibility index (Phi) is 3.71. The normalized spacial score (nSPS) is 17.9. The van der Waals surface area contributed by atoms with Crippen LogP contribution in [0.1, 0.15) is 20.7 Å². The molecule has 0 amide bonds. The van der Waals surface area contributed by atoms with Gasteiger partial charge in [0.05, 0.1) is 15.4 Å². The van der Waals surface area contributed by atoms with Gasteiger partial charge in [-0.15, -0.1) is 0 Å². The van der Waals surface area contributed by atoms with Crippen LogP contribution in [0.3, 0.4) is 0 Å². The number of Topliss-reactive ketones (excluding diaryl/α,β-unsaturated/α-hetero) is 2. The summed E-state index contributed by atoms with van der Waals surface area (Å²) in [5.41, 5.74) is 0.914. The molecule has 1 aliphatic carbocycles. The van der Waals surface area contributed by atoms with E-state index < -0.39 is 9.84 Å². The average Bonchev–Trinajstić information content (AvgIpc) is 3.68. The number of nitrogens with zero attached hydrogens (tertiary/aromatic N) is 2. The molecule has 7 heteroatoms. The van der Waals surface area contributed by atoms with Crippen molar-refractivity contribution < 1.29 is 18.0 Å². The van der Waals surface area contributed by atoms with Crippen molar-refractivity contribution >= 4 is 32.2 Å². The fourth-order valence-corrected chi connectivity index (χ4v) is 6.02. The third kappa shape index (κ3) is 2.66. The van der Waals surface area contributed by atoms with Gasteiger partial charge in [-0.3, -0.25) is 9.59 Å². The number of allylic oxidation sites excluding steroid dienone is 2. The Balaban J connectivity index is 1.59. The highest BCUT2D eigenvalue weighted by atomic mass is 32.2. The van der Waals surface area contributed by atoms with Gasteiger partial charge in [-0.25, -0.2) is 8.42 Å². The molecule has 2 aliphatic heterocycles. The number of hydrogen-bond acceptors (Lipinski definition) is 6. The number of carbonyl (C=O) groups is 2. The Bertz CT molecular complexity index is 1440. The average molecular weight is 430 g/mol. The van der Waals surface area contributed by atoms with Gasteiger partial charge in [0.2, 0.25) is 21.4 Å². The van der Waals surface area contributed by atoms with Crippen molar-refractivity contribution in [1.29, 1.82) is 0 Å². The predicted octanol–water partition coefficient (Wildman–Crippen LogP) is 2.89. The molecule has 0 saturated carbocycles. The molecule has 0 radical (unpaired) electrons. The molecule has 2 heterocycles. The van der Waals surface area contributed by atoms with E-state index in [9.17, 15) is 18.0 Å². The second-order valence-electron chi connectivity index (χ2n) is 7.99. The van der Waals surface area contributed by atoms with Crippen molar-refractivity contribution in [2.45, 2.75) is 9.79 Å². The lowest BCUT2D eigenvalue weighted by atomic mass is 9.90. The molecular formula is C24H18N2O4S. The molecule has 2 saturated heterocycles. The topological polar surface area (TPSA) is 74.3 Å². The summed E-state index contributed by atoms with van der Waals surface area (Å²) in [6.45, 7) is 2.85. The summed E-state index contributed by atoms with van der Waals surface area (Å²) in [7, 11) is -4.04. The molecule has 6 nitrogen and oxygen atoms in total. The summed E-state index contributed by atoms with van der Waals surface area (Å²) >= 11 is 0. The van der Waals surface area contributed by atoms with Crippen LogP contribution < -0.4 is 0 Å². The first-order valence-electron chi connectivity index (χ1n) is 10.2. The highest BCUT2D eigenvalue weighted by molar-refractivity contribution is 7.91. The van der Waals surface area contributed by atoms with E-state index in [4.69, 9.17) is 0 Å². The van der Waals surface area contributed by atoms with E-state index in [1.54, 1.807) is 36.4 Å². The lowest BCUT2D eigenvalue weighted by Crippen LogP contribution is -2.30. The van der Waals surface area contributed by atoms with Crippen LogP contribution in [0.2, 0.25) is 0 Å². The first kappa shape index (κ1) is 18.3. The fraction of sp³-hybridized carbons (Fsp3) is 0.167. The van der Waals surface area contributed by atoms with E-state index in [2.05, 4.69) is 0 Å². The summed E-state index contributed by atoms with van der Waals surface area (Å²) < 4.78 is 27.6. The van der Waals surface area contributed by atoms with E-state index in [0.29, 0.717) is 29.9 Å². The molecule has 2 fully saturated rings. The van der Waals surface area contributed by atoms with Gasteiger partial charge < -0.3 is 9.80 Å². The summed E-state index contributed by atoms with van der Waals surface area (Å²) in [6, 6.07) is 16.9. The summed E-state index contributed by atoms with van der Waals surface area (Å²) in [5, 5.41) is 1.38. The molecule has 0 N–H and O–H groups in total. The first-order valence-corrected chi connectivity index (χ1v) is 11.7. The van der Waals surface area contributed by atoms with Crippen LogP contribution in [0, 0.1) is 0 Å². The molecule has 6 rings (SSSR count). The SMILES string of the molecule is O=C1C(N2CC2)=C(N2CC2)C(=O)c2c1cccc2S(=O)(=O)c1cccc2ccccc12. The molecule has 154 valence electrons. The Morgan fingerprint density at radius 1 is 0.645 bits per heavy atom. The number of rotatable bonds is 4. The second kappa shape index (κ2) is 6.28. The third-order valence-corrected chi connectivity index (χ3v) is 7.86.